The Morgan fingerprint density at radius 3 is 2.85 bits per heavy atom. The molecule has 1 amide bonds. The topological polar surface area (TPSA) is 75.6 Å². The van der Waals surface area contributed by atoms with E-state index in [0.717, 1.165) is 15.6 Å². The second kappa shape index (κ2) is 6.79. The second-order valence-electron chi connectivity index (χ2n) is 6.35. The van der Waals surface area contributed by atoms with Crippen molar-refractivity contribution in [3.63, 3.8) is 0 Å². The van der Waals surface area contributed by atoms with Crippen LogP contribution >= 0.6 is 0 Å². The van der Waals surface area contributed by atoms with Gasteiger partial charge in [-0.25, -0.2) is 9.97 Å². The number of rotatable bonds is 5. The molecule has 0 radical (unpaired) electrons. The molecule has 0 aliphatic carbocycles. The largest absolute Gasteiger partial charge is 0.351 e. The Balaban J connectivity index is 1.53. The standard InChI is InChI=1S/C19H17F2N5O/c1-11(17-25-14-4-2-3-5-16(14)26(17)19(20)21)9-22-18(27)12-6-7-13-15(8-12)24-10-23-13/h2-8,10-11,19H,9H2,1H3,(H,22,27)(H,23,24). The molecule has 0 saturated carbocycles. The lowest BCUT2D eigenvalue weighted by Gasteiger charge is -2.15. The van der Waals surface area contributed by atoms with Crippen LogP contribution in [-0.2, 0) is 0 Å². The fourth-order valence-corrected chi connectivity index (χ4v) is 3.13. The molecule has 0 bridgehead atoms. The van der Waals surface area contributed by atoms with Gasteiger partial charge in [-0.05, 0) is 30.3 Å². The molecule has 0 saturated heterocycles. The lowest BCUT2D eigenvalue weighted by atomic mass is 10.1. The third kappa shape index (κ3) is 3.14. The van der Waals surface area contributed by atoms with E-state index in [1.165, 1.54) is 0 Å². The highest BCUT2D eigenvalue weighted by molar-refractivity contribution is 5.97. The van der Waals surface area contributed by atoms with E-state index in [1.807, 2.05) is 0 Å². The van der Waals surface area contributed by atoms with Gasteiger partial charge in [0.25, 0.3) is 5.91 Å². The number of halogens is 2. The Bertz CT molecular complexity index is 1120. The second-order valence-corrected chi connectivity index (χ2v) is 6.35. The fraction of sp³-hybridized carbons (Fsp3) is 0.211. The summed E-state index contributed by atoms with van der Waals surface area (Å²) in [6.07, 6.45) is 1.56. The molecule has 4 rings (SSSR count). The molecule has 138 valence electrons. The van der Waals surface area contributed by atoms with Crippen LogP contribution in [0.3, 0.4) is 0 Å². The monoisotopic (exact) mass is 369 g/mol. The molecule has 1 atom stereocenters. The molecule has 0 spiro atoms. The highest BCUT2D eigenvalue weighted by atomic mass is 19.3. The first-order valence-corrected chi connectivity index (χ1v) is 8.51. The van der Waals surface area contributed by atoms with Crippen molar-refractivity contribution < 1.29 is 13.6 Å². The summed E-state index contributed by atoms with van der Waals surface area (Å²) in [7, 11) is 0. The van der Waals surface area contributed by atoms with Crippen LogP contribution in [0.4, 0.5) is 8.78 Å². The smallest absolute Gasteiger partial charge is 0.320 e. The van der Waals surface area contributed by atoms with Gasteiger partial charge in [0.05, 0.1) is 28.4 Å². The third-order valence-electron chi connectivity index (χ3n) is 4.51. The van der Waals surface area contributed by atoms with E-state index < -0.39 is 6.55 Å². The number of nitrogens with one attached hydrogen (secondary N) is 2. The fourth-order valence-electron chi connectivity index (χ4n) is 3.13. The molecule has 2 aromatic heterocycles. The van der Waals surface area contributed by atoms with Crippen molar-refractivity contribution in [2.75, 3.05) is 6.54 Å². The minimum atomic E-state index is -2.70. The minimum absolute atomic E-state index is 0.190. The first kappa shape index (κ1) is 17.1. The van der Waals surface area contributed by atoms with Crippen molar-refractivity contribution in [3.8, 4) is 0 Å². The normalized spacial score (nSPS) is 12.7. The van der Waals surface area contributed by atoms with E-state index in [1.54, 1.807) is 55.7 Å². The van der Waals surface area contributed by atoms with Gasteiger partial charge in [0.15, 0.2) is 0 Å². The molecule has 2 N–H and O–H groups in total. The number of carbonyl (C=O) groups is 1. The minimum Gasteiger partial charge on any atom is -0.351 e. The molecule has 0 aliphatic rings. The van der Waals surface area contributed by atoms with E-state index in [2.05, 4.69) is 20.3 Å². The predicted octanol–water partition coefficient (Wildman–Crippen LogP) is 3.84. The number of para-hydroxylation sites is 2. The molecule has 0 fully saturated rings. The van der Waals surface area contributed by atoms with Crippen LogP contribution in [0, 0.1) is 0 Å². The maximum atomic E-state index is 13.6. The van der Waals surface area contributed by atoms with Crippen molar-refractivity contribution in [2.45, 2.75) is 19.4 Å². The Kier molecular flexibility index (Phi) is 4.31. The number of benzene rings is 2. The van der Waals surface area contributed by atoms with Gasteiger partial charge in [-0.1, -0.05) is 19.1 Å². The lowest BCUT2D eigenvalue weighted by Crippen LogP contribution is -2.28. The number of hydrogen-bond acceptors (Lipinski definition) is 3. The van der Waals surface area contributed by atoms with Crippen LogP contribution in [0.25, 0.3) is 22.1 Å². The number of amides is 1. The van der Waals surface area contributed by atoms with Gasteiger partial charge >= 0.3 is 6.55 Å². The number of alkyl halides is 2. The maximum Gasteiger partial charge on any atom is 0.320 e. The molecule has 6 nitrogen and oxygen atoms in total. The zero-order chi connectivity index (χ0) is 19.0. The zero-order valence-corrected chi connectivity index (χ0v) is 14.5. The first-order valence-electron chi connectivity index (χ1n) is 8.51. The lowest BCUT2D eigenvalue weighted by molar-refractivity contribution is 0.0704. The van der Waals surface area contributed by atoms with Crippen molar-refractivity contribution >= 4 is 28.0 Å². The molecule has 4 aromatic rings. The first-order chi connectivity index (χ1) is 13.0. The summed E-state index contributed by atoms with van der Waals surface area (Å²) in [5, 5.41) is 2.79. The average Bonchev–Trinajstić information content (AvgIpc) is 3.29. The van der Waals surface area contributed by atoms with E-state index >= 15 is 0 Å². The van der Waals surface area contributed by atoms with Crippen molar-refractivity contribution in [1.29, 1.82) is 0 Å². The van der Waals surface area contributed by atoms with Gasteiger partial charge < -0.3 is 10.3 Å². The molecule has 8 heteroatoms. The molecule has 27 heavy (non-hydrogen) atoms. The summed E-state index contributed by atoms with van der Waals surface area (Å²) in [6, 6.07) is 11.9. The summed E-state index contributed by atoms with van der Waals surface area (Å²) in [5.41, 5.74) is 2.89. The Labute approximate surface area is 153 Å². The van der Waals surface area contributed by atoms with Gasteiger partial charge in [-0.2, -0.15) is 8.78 Å². The summed E-state index contributed by atoms with van der Waals surface area (Å²) in [4.78, 5) is 23.8. The number of aromatic amines is 1. The molecule has 0 aliphatic heterocycles. The number of hydrogen-bond donors (Lipinski definition) is 2. The molecular formula is C19H17F2N5O. The third-order valence-corrected chi connectivity index (χ3v) is 4.51. The van der Waals surface area contributed by atoms with Crippen molar-refractivity contribution in [2.24, 2.45) is 0 Å². The summed E-state index contributed by atoms with van der Waals surface area (Å²) < 4.78 is 28.0. The van der Waals surface area contributed by atoms with Crippen LogP contribution in [0.2, 0.25) is 0 Å². The van der Waals surface area contributed by atoms with Gasteiger partial charge in [0.1, 0.15) is 5.82 Å². The summed E-state index contributed by atoms with van der Waals surface area (Å²) in [6.45, 7) is -0.748. The van der Waals surface area contributed by atoms with Gasteiger partial charge in [0, 0.05) is 18.0 Å². The number of nitrogens with zero attached hydrogens (tertiary/aromatic N) is 3. The quantitative estimate of drug-likeness (QED) is 0.561. The van der Waals surface area contributed by atoms with Crippen molar-refractivity contribution in [1.82, 2.24) is 24.8 Å². The number of imidazole rings is 2. The zero-order valence-electron chi connectivity index (χ0n) is 14.5. The van der Waals surface area contributed by atoms with Crippen molar-refractivity contribution in [3.05, 3.63) is 60.2 Å². The molecular weight excluding hydrogens is 352 g/mol. The Morgan fingerprint density at radius 1 is 1.22 bits per heavy atom. The number of fused-ring (bicyclic) bond motifs is 2. The molecule has 1 unspecified atom stereocenters. The predicted molar refractivity (Wildman–Crippen MR) is 97.8 cm³/mol. The van der Waals surface area contributed by atoms with E-state index in [-0.39, 0.29) is 24.2 Å². The summed E-state index contributed by atoms with van der Waals surface area (Å²) in [5.74, 6) is -0.417. The average molecular weight is 369 g/mol. The number of carbonyl (C=O) groups excluding carboxylic acids is 1. The number of aromatic nitrogens is 4. The van der Waals surface area contributed by atoms with Gasteiger partial charge in [0.2, 0.25) is 0 Å². The van der Waals surface area contributed by atoms with Crippen LogP contribution in [0.1, 0.15) is 35.6 Å². The molecule has 2 heterocycles. The van der Waals surface area contributed by atoms with Gasteiger partial charge in [-0.3, -0.25) is 9.36 Å². The number of H-pyrrole nitrogens is 1. The SMILES string of the molecule is CC(CNC(=O)c1ccc2nc[nH]c2c1)c1nc2ccccc2n1C(F)F. The van der Waals surface area contributed by atoms with Crippen LogP contribution in [-0.4, -0.2) is 32.0 Å². The maximum absolute atomic E-state index is 13.6. The van der Waals surface area contributed by atoms with E-state index in [0.29, 0.717) is 16.6 Å². The van der Waals surface area contributed by atoms with Crippen LogP contribution < -0.4 is 5.32 Å². The summed E-state index contributed by atoms with van der Waals surface area (Å²) >= 11 is 0. The van der Waals surface area contributed by atoms with E-state index in [4.69, 9.17) is 0 Å². The highest BCUT2D eigenvalue weighted by Gasteiger charge is 2.22. The van der Waals surface area contributed by atoms with Crippen LogP contribution in [0.15, 0.2) is 48.8 Å². The van der Waals surface area contributed by atoms with E-state index in [9.17, 15) is 13.6 Å². The highest BCUT2D eigenvalue weighted by Crippen LogP contribution is 2.27. The Hall–Kier alpha value is -3.29. The Morgan fingerprint density at radius 2 is 2.04 bits per heavy atom. The van der Waals surface area contributed by atoms with Gasteiger partial charge in [-0.15, -0.1) is 0 Å². The molecule has 2 aromatic carbocycles. The van der Waals surface area contributed by atoms with Crippen LogP contribution in [0.5, 0.6) is 0 Å².